The maximum absolute atomic E-state index is 14.8. The number of aryl methyl sites for hydroxylation is 1. The van der Waals surface area contributed by atoms with E-state index in [0.717, 1.165) is 28.1 Å². The Bertz CT molecular complexity index is 1300. The van der Waals surface area contributed by atoms with Gasteiger partial charge in [-0.15, -0.1) is 0 Å². The van der Waals surface area contributed by atoms with Gasteiger partial charge in [-0.2, -0.15) is 13.2 Å². The number of methoxy groups -OCH3 is 1. The van der Waals surface area contributed by atoms with E-state index in [1.54, 1.807) is 7.11 Å². The summed E-state index contributed by atoms with van der Waals surface area (Å²) >= 11 is 0. The molecule has 1 saturated heterocycles. The van der Waals surface area contributed by atoms with Gasteiger partial charge in [0.2, 0.25) is 5.92 Å². The van der Waals surface area contributed by atoms with E-state index >= 15 is 0 Å². The van der Waals surface area contributed by atoms with E-state index < -0.39 is 41.9 Å². The third-order valence-corrected chi connectivity index (χ3v) is 7.54. The molecule has 0 bridgehead atoms. The number of nitrogens with one attached hydrogen (secondary N) is 1. The number of likely N-dealkylation sites (tertiary alicyclic amines) is 1. The van der Waals surface area contributed by atoms with Crippen LogP contribution in [0.25, 0.3) is 10.9 Å². The molecule has 2 aromatic heterocycles. The molecule has 1 N–H and O–H groups in total. The molecule has 1 atom stereocenters. The van der Waals surface area contributed by atoms with Gasteiger partial charge in [0.25, 0.3) is 5.88 Å². The first-order valence-electron chi connectivity index (χ1n) is 12.0. The zero-order chi connectivity index (χ0) is 26.6. The fourth-order valence-corrected chi connectivity index (χ4v) is 5.93. The van der Waals surface area contributed by atoms with Crippen LogP contribution in [-0.4, -0.2) is 47.2 Å². The Morgan fingerprint density at radius 3 is 2.62 bits per heavy atom. The Hall–Kier alpha value is -2.95. The Morgan fingerprint density at radius 2 is 1.97 bits per heavy atom. The minimum atomic E-state index is -4.63. The number of H-pyrrole nitrogens is 1. The van der Waals surface area contributed by atoms with Crippen LogP contribution in [0.15, 0.2) is 30.6 Å². The highest BCUT2D eigenvalue weighted by atomic mass is 19.4. The summed E-state index contributed by atoms with van der Waals surface area (Å²) in [5, 5.41) is 0.964. The molecular formula is C26H27F6N3O2. The van der Waals surface area contributed by atoms with Crippen LogP contribution in [0.4, 0.5) is 26.3 Å². The Morgan fingerprint density at radius 1 is 1.22 bits per heavy atom. The van der Waals surface area contributed by atoms with Crippen molar-refractivity contribution in [1.29, 1.82) is 0 Å². The number of hydrogen-bond donors (Lipinski definition) is 1. The first-order chi connectivity index (χ1) is 17.4. The third kappa shape index (κ3) is 5.10. The first kappa shape index (κ1) is 25.7. The van der Waals surface area contributed by atoms with Crippen LogP contribution in [0.1, 0.15) is 48.4 Å². The number of alkyl halides is 5. The zero-order valence-corrected chi connectivity index (χ0v) is 20.4. The number of fused-ring (bicyclic) bond motifs is 1. The molecule has 1 aromatic carbocycles. The summed E-state index contributed by atoms with van der Waals surface area (Å²) in [4.78, 5) is 9.11. The summed E-state index contributed by atoms with van der Waals surface area (Å²) in [7, 11) is 1.58. The number of pyridine rings is 1. The number of rotatable bonds is 6. The Labute approximate surface area is 209 Å². The topological polar surface area (TPSA) is 50.4 Å². The lowest BCUT2D eigenvalue weighted by atomic mass is 9.59. The van der Waals surface area contributed by atoms with Crippen LogP contribution in [-0.2, 0) is 6.54 Å². The summed E-state index contributed by atoms with van der Waals surface area (Å²) in [6.45, 7) is 1.19. The third-order valence-electron chi connectivity index (χ3n) is 7.54. The SMILES string of the molecule is COc1cc(C)c2[nH]ccc2c1CN1CCC2(CC1c1cnc(OCC(F)(F)F)c(F)c1)CC(F)(F)C2. The van der Waals surface area contributed by atoms with E-state index in [-0.39, 0.29) is 12.8 Å². The van der Waals surface area contributed by atoms with E-state index in [4.69, 9.17) is 4.74 Å². The molecular weight excluding hydrogens is 500 g/mol. The maximum Gasteiger partial charge on any atom is 0.422 e. The van der Waals surface area contributed by atoms with Crippen LogP contribution in [0, 0.1) is 18.2 Å². The molecule has 37 heavy (non-hydrogen) atoms. The molecule has 3 aromatic rings. The second-order valence-corrected chi connectivity index (χ2v) is 10.3. The lowest BCUT2D eigenvalue weighted by Crippen LogP contribution is -2.53. The fraction of sp³-hybridized carbons (Fsp3) is 0.500. The van der Waals surface area contributed by atoms with Crippen LogP contribution < -0.4 is 9.47 Å². The Kier molecular flexibility index (Phi) is 6.32. The van der Waals surface area contributed by atoms with Crippen molar-refractivity contribution in [3.8, 4) is 11.6 Å². The second-order valence-electron chi connectivity index (χ2n) is 10.3. The van der Waals surface area contributed by atoms with E-state index in [0.29, 0.717) is 37.2 Å². The molecule has 1 unspecified atom stereocenters. The second kappa shape index (κ2) is 9.11. The van der Waals surface area contributed by atoms with Gasteiger partial charge in [0, 0.05) is 54.3 Å². The molecule has 1 saturated carbocycles. The van der Waals surface area contributed by atoms with Crippen molar-refractivity contribution in [3.05, 3.63) is 53.1 Å². The standard InChI is InChI=1S/C26H27F6N3O2/c1-15-7-21(36-2)18(17-3-5-33-22(15)17)11-35-6-4-24(12-25(28,29)13-24)9-20(35)16-8-19(27)23(34-10-16)37-14-26(30,31)32/h3,5,7-8,10,20,33H,4,6,9,11-14H2,1-2H3. The van der Waals surface area contributed by atoms with Gasteiger partial charge in [0.15, 0.2) is 12.4 Å². The quantitative estimate of drug-likeness (QED) is 0.362. The number of aromatic nitrogens is 2. The van der Waals surface area contributed by atoms with E-state index in [9.17, 15) is 26.3 Å². The number of aromatic amines is 1. The van der Waals surface area contributed by atoms with Crippen LogP contribution in [0.5, 0.6) is 11.6 Å². The molecule has 1 aliphatic carbocycles. The normalized spacial score (nSPS) is 21.2. The van der Waals surface area contributed by atoms with Crippen LogP contribution in [0.2, 0.25) is 0 Å². The lowest BCUT2D eigenvalue weighted by molar-refractivity contribution is -0.186. The molecule has 2 fully saturated rings. The molecule has 1 aliphatic heterocycles. The number of halogens is 6. The molecule has 11 heteroatoms. The minimum Gasteiger partial charge on any atom is -0.496 e. The highest BCUT2D eigenvalue weighted by Crippen LogP contribution is 2.60. The van der Waals surface area contributed by atoms with E-state index in [1.807, 2.05) is 25.3 Å². The summed E-state index contributed by atoms with van der Waals surface area (Å²) in [6.07, 6.45) is -1.07. The van der Waals surface area contributed by atoms with Crippen LogP contribution in [0.3, 0.4) is 0 Å². The van der Waals surface area contributed by atoms with Crippen molar-refractivity contribution < 1.29 is 35.8 Å². The highest BCUT2D eigenvalue weighted by Gasteiger charge is 2.58. The van der Waals surface area contributed by atoms with Crippen molar-refractivity contribution in [2.24, 2.45) is 5.41 Å². The van der Waals surface area contributed by atoms with Gasteiger partial charge in [-0.25, -0.2) is 18.2 Å². The molecule has 2 aliphatic rings. The first-order valence-corrected chi connectivity index (χ1v) is 12.0. The van der Waals surface area contributed by atoms with Gasteiger partial charge < -0.3 is 14.5 Å². The largest absolute Gasteiger partial charge is 0.496 e. The Balaban J connectivity index is 1.47. The van der Waals surface area contributed by atoms with Crippen molar-refractivity contribution in [2.75, 3.05) is 20.3 Å². The van der Waals surface area contributed by atoms with Gasteiger partial charge in [-0.05, 0) is 61.1 Å². The fourth-order valence-electron chi connectivity index (χ4n) is 5.93. The zero-order valence-electron chi connectivity index (χ0n) is 20.4. The van der Waals surface area contributed by atoms with Crippen LogP contribution >= 0.6 is 0 Å². The minimum absolute atomic E-state index is 0.233. The number of hydrogen-bond acceptors (Lipinski definition) is 4. The van der Waals surface area contributed by atoms with Crippen molar-refractivity contribution in [3.63, 3.8) is 0 Å². The van der Waals surface area contributed by atoms with Gasteiger partial charge in [0.05, 0.1) is 7.11 Å². The van der Waals surface area contributed by atoms with Crippen molar-refractivity contribution in [1.82, 2.24) is 14.9 Å². The molecule has 0 amide bonds. The lowest BCUT2D eigenvalue weighted by Gasteiger charge is -2.54. The molecule has 200 valence electrons. The summed E-state index contributed by atoms with van der Waals surface area (Å²) < 4.78 is 90.3. The average Bonchev–Trinajstić information content (AvgIpc) is 3.30. The smallest absolute Gasteiger partial charge is 0.422 e. The van der Waals surface area contributed by atoms with E-state index in [2.05, 4.69) is 19.6 Å². The van der Waals surface area contributed by atoms with E-state index in [1.165, 1.54) is 6.20 Å². The molecule has 1 spiro atoms. The highest BCUT2D eigenvalue weighted by molar-refractivity contribution is 5.88. The molecule has 5 rings (SSSR count). The summed E-state index contributed by atoms with van der Waals surface area (Å²) in [6, 6.07) is 4.50. The molecule has 5 nitrogen and oxygen atoms in total. The summed E-state index contributed by atoms with van der Waals surface area (Å²) in [5.74, 6) is -3.81. The van der Waals surface area contributed by atoms with Gasteiger partial charge in [-0.1, -0.05) is 0 Å². The van der Waals surface area contributed by atoms with Crippen molar-refractivity contribution in [2.45, 2.75) is 57.3 Å². The number of piperidine rings is 1. The summed E-state index contributed by atoms with van der Waals surface area (Å²) in [5.41, 5.74) is 2.70. The number of ether oxygens (including phenoxy) is 2. The molecule has 0 radical (unpaired) electrons. The van der Waals surface area contributed by atoms with Gasteiger partial charge in [-0.3, -0.25) is 4.90 Å². The molecule has 3 heterocycles. The predicted molar refractivity (Wildman–Crippen MR) is 124 cm³/mol. The number of nitrogens with zero attached hydrogens (tertiary/aromatic N) is 2. The van der Waals surface area contributed by atoms with Gasteiger partial charge in [0.1, 0.15) is 5.75 Å². The maximum atomic E-state index is 14.8. The van der Waals surface area contributed by atoms with Gasteiger partial charge >= 0.3 is 6.18 Å². The predicted octanol–water partition coefficient (Wildman–Crippen LogP) is 6.71. The monoisotopic (exact) mass is 527 g/mol. The average molecular weight is 528 g/mol. The van der Waals surface area contributed by atoms with Crippen molar-refractivity contribution >= 4 is 10.9 Å². The number of benzene rings is 1.